The summed E-state index contributed by atoms with van der Waals surface area (Å²) >= 11 is 18.3. The van der Waals surface area contributed by atoms with Gasteiger partial charge in [0.15, 0.2) is 5.11 Å². The number of benzene rings is 2. The molecule has 0 saturated heterocycles. The van der Waals surface area contributed by atoms with Gasteiger partial charge in [-0.1, -0.05) is 53.6 Å². The maximum Gasteiger partial charge on any atom is 0.272 e. The fourth-order valence-electron chi connectivity index (χ4n) is 3.27. The molecule has 3 rings (SSSR count). The lowest BCUT2D eigenvalue weighted by molar-refractivity contribution is -0.119. The Balaban J connectivity index is 2.11. The van der Waals surface area contributed by atoms with Gasteiger partial charge in [-0.3, -0.25) is 4.79 Å². The lowest BCUT2D eigenvalue weighted by Gasteiger charge is -2.26. The summed E-state index contributed by atoms with van der Waals surface area (Å²) in [7, 11) is 1.70. The summed E-state index contributed by atoms with van der Waals surface area (Å²) in [5.41, 5.74) is 2.64. The molecule has 0 bridgehead atoms. The minimum atomic E-state index is -0.952. The Hall–Kier alpha value is -2.67. The van der Waals surface area contributed by atoms with Crippen molar-refractivity contribution in [2.24, 2.45) is 4.99 Å². The normalized spacial score (nSPS) is 15.5. The second-order valence-electron chi connectivity index (χ2n) is 6.85. The number of benzodiazepines with no additional fused rings is 1. The largest absolute Gasteiger partial charge is 0.342 e. The number of fused-ring (bicyclic) bond motifs is 1. The smallest absolute Gasteiger partial charge is 0.272 e. The molecule has 5 nitrogen and oxygen atoms in total. The van der Waals surface area contributed by atoms with E-state index < -0.39 is 6.17 Å². The molecule has 1 aliphatic rings. The van der Waals surface area contributed by atoms with Crippen LogP contribution in [0.15, 0.2) is 72.8 Å². The SMILES string of the molecule is C=CCN(CC=C)C(=S)NC1N=C(c2ccccc2Cl)c2cc(Cl)ccc2N(C)C1=O. The predicted octanol–water partition coefficient (Wildman–Crippen LogP) is 4.68. The Morgan fingerprint density at radius 1 is 1.19 bits per heavy atom. The van der Waals surface area contributed by atoms with Crippen molar-refractivity contribution < 1.29 is 4.79 Å². The van der Waals surface area contributed by atoms with Gasteiger partial charge >= 0.3 is 0 Å². The highest BCUT2D eigenvalue weighted by atomic mass is 35.5. The van der Waals surface area contributed by atoms with E-state index in [4.69, 9.17) is 40.4 Å². The highest BCUT2D eigenvalue weighted by Crippen LogP contribution is 2.31. The molecule has 1 aliphatic heterocycles. The lowest BCUT2D eigenvalue weighted by Crippen LogP contribution is -2.50. The summed E-state index contributed by atoms with van der Waals surface area (Å²) in [6, 6.07) is 12.7. The van der Waals surface area contributed by atoms with Crippen LogP contribution in [0.3, 0.4) is 0 Å². The molecule has 0 fully saturated rings. The Bertz CT molecular complexity index is 1060. The van der Waals surface area contributed by atoms with Gasteiger partial charge in [0.05, 0.1) is 11.4 Å². The predicted molar refractivity (Wildman–Crippen MR) is 133 cm³/mol. The number of anilines is 1. The molecule has 0 aliphatic carbocycles. The Morgan fingerprint density at radius 2 is 1.87 bits per heavy atom. The van der Waals surface area contributed by atoms with Crippen molar-refractivity contribution in [1.29, 1.82) is 0 Å². The first-order valence-electron chi connectivity index (χ1n) is 9.54. The molecular formula is C23H22Cl2N4OS. The van der Waals surface area contributed by atoms with Gasteiger partial charge in [-0.05, 0) is 36.5 Å². The van der Waals surface area contributed by atoms with Crippen molar-refractivity contribution >= 4 is 57.8 Å². The van der Waals surface area contributed by atoms with Crippen LogP contribution in [-0.2, 0) is 4.79 Å². The monoisotopic (exact) mass is 472 g/mol. The first-order chi connectivity index (χ1) is 14.9. The highest BCUT2D eigenvalue weighted by molar-refractivity contribution is 7.80. The minimum Gasteiger partial charge on any atom is -0.342 e. The van der Waals surface area contributed by atoms with Gasteiger partial charge in [0.1, 0.15) is 0 Å². The number of nitrogens with zero attached hydrogens (tertiary/aromatic N) is 3. The van der Waals surface area contributed by atoms with Gasteiger partial charge in [-0.25, -0.2) is 4.99 Å². The number of nitrogens with one attached hydrogen (secondary N) is 1. The Labute approximate surface area is 197 Å². The van der Waals surface area contributed by atoms with Crippen LogP contribution in [0, 0.1) is 0 Å². The van der Waals surface area contributed by atoms with Crippen molar-refractivity contribution in [1.82, 2.24) is 10.2 Å². The molecule has 8 heteroatoms. The topological polar surface area (TPSA) is 47.9 Å². The molecule has 2 aromatic carbocycles. The molecule has 160 valence electrons. The molecule has 31 heavy (non-hydrogen) atoms. The number of thiocarbonyl (C=S) groups is 1. The van der Waals surface area contributed by atoms with Crippen molar-refractivity contribution in [2.75, 3.05) is 25.0 Å². The molecule has 0 spiro atoms. The average Bonchev–Trinajstić information content (AvgIpc) is 2.84. The van der Waals surface area contributed by atoms with Gasteiger partial charge in [0, 0.05) is 41.3 Å². The second-order valence-corrected chi connectivity index (χ2v) is 8.08. The zero-order chi connectivity index (χ0) is 22.5. The third-order valence-electron chi connectivity index (χ3n) is 4.77. The van der Waals surface area contributed by atoms with Crippen LogP contribution in [0.1, 0.15) is 11.1 Å². The van der Waals surface area contributed by atoms with Gasteiger partial charge in [-0.2, -0.15) is 0 Å². The fourth-order valence-corrected chi connectivity index (χ4v) is 3.93. The summed E-state index contributed by atoms with van der Waals surface area (Å²) in [6.07, 6.45) is 2.51. The Morgan fingerprint density at radius 3 is 2.52 bits per heavy atom. The first kappa shape index (κ1) is 23.0. The summed E-state index contributed by atoms with van der Waals surface area (Å²) < 4.78 is 0. The maximum atomic E-state index is 13.3. The fraction of sp³-hybridized carbons (Fsp3) is 0.174. The Kier molecular flexibility index (Phi) is 7.49. The zero-order valence-electron chi connectivity index (χ0n) is 17.0. The second kappa shape index (κ2) is 10.1. The third-order valence-corrected chi connectivity index (χ3v) is 5.71. The number of hydrogen-bond donors (Lipinski definition) is 1. The molecule has 1 atom stereocenters. The van der Waals surface area contributed by atoms with Crippen molar-refractivity contribution in [3.05, 3.63) is 88.9 Å². The molecule has 1 amide bonds. The summed E-state index contributed by atoms with van der Waals surface area (Å²) in [5, 5.41) is 4.51. The quantitative estimate of drug-likeness (QED) is 0.489. The molecule has 1 N–H and O–H groups in total. The lowest BCUT2D eigenvalue weighted by atomic mass is 10.00. The van der Waals surface area contributed by atoms with Gasteiger partial charge < -0.3 is 15.1 Å². The number of hydrogen-bond acceptors (Lipinski definition) is 3. The molecule has 0 saturated carbocycles. The standard InChI is InChI=1S/C23H22Cl2N4OS/c1-4-12-29(13-5-2)23(31)27-21-22(30)28(3)19-11-10-15(24)14-17(19)20(26-21)16-8-6-7-9-18(16)25/h4-11,14,21H,1-2,12-13H2,3H3,(H,27,31). The van der Waals surface area contributed by atoms with E-state index in [2.05, 4.69) is 18.5 Å². The van der Waals surface area contributed by atoms with Crippen LogP contribution in [0.2, 0.25) is 10.0 Å². The number of rotatable bonds is 6. The van der Waals surface area contributed by atoms with Gasteiger partial charge in [0.25, 0.3) is 5.91 Å². The summed E-state index contributed by atoms with van der Waals surface area (Å²) in [6.45, 7) is 8.53. The van der Waals surface area contributed by atoms with Crippen LogP contribution >= 0.6 is 35.4 Å². The van der Waals surface area contributed by atoms with Crippen LogP contribution in [0.25, 0.3) is 0 Å². The summed E-state index contributed by atoms with van der Waals surface area (Å²) in [5.74, 6) is -0.259. The van der Waals surface area contributed by atoms with E-state index in [-0.39, 0.29) is 5.91 Å². The molecule has 0 radical (unpaired) electrons. The van der Waals surface area contributed by atoms with Crippen molar-refractivity contribution in [3.8, 4) is 0 Å². The molecule has 0 aromatic heterocycles. The van der Waals surface area contributed by atoms with Crippen LogP contribution < -0.4 is 10.2 Å². The average molecular weight is 473 g/mol. The number of likely N-dealkylation sites (N-methyl/N-ethyl adjacent to an activating group) is 1. The van der Waals surface area contributed by atoms with E-state index >= 15 is 0 Å². The minimum absolute atomic E-state index is 0.259. The van der Waals surface area contributed by atoms with E-state index in [0.29, 0.717) is 50.8 Å². The maximum absolute atomic E-state index is 13.3. The molecule has 1 unspecified atom stereocenters. The number of halogens is 2. The van der Waals surface area contributed by atoms with Gasteiger partial charge in [-0.15, -0.1) is 13.2 Å². The van der Waals surface area contributed by atoms with Crippen LogP contribution in [0.4, 0.5) is 5.69 Å². The van der Waals surface area contributed by atoms with E-state index in [9.17, 15) is 4.79 Å². The van der Waals surface area contributed by atoms with E-state index in [1.807, 2.05) is 23.1 Å². The molecule has 1 heterocycles. The molecular weight excluding hydrogens is 451 g/mol. The van der Waals surface area contributed by atoms with Crippen molar-refractivity contribution in [3.63, 3.8) is 0 Å². The number of amides is 1. The van der Waals surface area contributed by atoms with Crippen LogP contribution in [0.5, 0.6) is 0 Å². The highest BCUT2D eigenvalue weighted by Gasteiger charge is 2.31. The number of carbonyl (C=O) groups is 1. The van der Waals surface area contributed by atoms with Gasteiger partial charge in [0.2, 0.25) is 6.17 Å². The van der Waals surface area contributed by atoms with Crippen LogP contribution in [-0.4, -0.2) is 47.9 Å². The molecule has 2 aromatic rings. The van der Waals surface area contributed by atoms with E-state index in [1.54, 1.807) is 48.4 Å². The van der Waals surface area contributed by atoms with Crippen molar-refractivity contribution in [2.45, 2.75) is 6.17 Å². The van der Waals surface area contributed by atoms with E-state index in [1.165, 1.54) is 0 Å². The first-order valence-corrected chi connectivity index (χ1v) is 10.7. The number of aliphatic imine (C=N–C) groups is 1. The zero-order valence-corrected chi connectivity index (χ0v) is 19.3. The third kappa shape index (κ3) is 4.98. The number of carbonyl (C=O) groups excluding carboxylic acids is 1. The summed E-state index contributed by atoms with van der Waals surface area (Å²) in [4.78, 5) is 21.5. The van der Waals surface area contributed by atoms with E-state index in [0.717, 1.165) is 0 Å².